The standard InChI is InChI=1S/C17H24N2O2.ClH/c1-18-11-13-5-4-9-19(12-13)17(20)15-8-10-21-16-7-3-2-6-14(15)16;/h2-3,6-7,13,15,18H,4-5,8-12H2,1H3;1H. The number of para-hydroxylation sites is 1. The topological polar surface area (TPSA) is 41.6 Å². The number of hydrogen-bond acceptors (Lipinski definition) is 3. The van der Waals surface area contributed by atoms with Gasteiger partial charge in [0.05, 0.1) is 12.5 Å². The van der Waals surface area contributed by atoms with Crippen molar-refractivity contribution in [3.8, 4) is 5.75 Å². The van der Waals surface area contributed by atoms with E-state index in [1.54, 1.807) is 0 Å². The van der Waals surface area contributed by atoms with Gasteiger partial charge >= 0.3 is 0 Å². The molecule has 1 aromatic carbocycles. The normalized spacial score (nSPS) is 24.0. The third-order valence-electron chi connectivity index (χ3n) is 4.58. The number of amides is 1. The van der Waals surface area contributed by atoms with Gasteiger partial charge in [-0.05, 0) is 44.8 Å². The largest absolute Gasteiger partial charge is 0.493 e. The fourth-order valence-electron chi connectivity index (χ4n) is 3.54. The Morgan fingerprint density at radius 2 is 2.18 bits per heavy atom. The Kier molecular flexibility index (Phi) is 6.09. The SMILES string of the molecule is CNCC1CCCN(C(=O)C2CCOc3ccccc32)C1.Cl. The number of rotatable bonds is 3. The lowest BCUT2D eigenvalue weighted by Crippen LogP contribution is -2.45. The molecule has 0 saturated carbocycles. The van der Waals surface area contributed by atoms with Crippen molar-refractivity contribution in [3.05, 3.63) is 29.8 Å². The number of halogens is 1. The monoisotopic (exact) mass is 324 g/mol. The molecule has 0 radical (unpaired) electrons. The predicted octanol–water partition coefficient (Wildman–Crippen LogP) is 2.43. The number of carbonyl (C=O) groups excluding carboxylic acids is 1. The molecule has 22 heavy (non-hydrogen) atoms. The molecule has 2 heterocycles. The molecule has 5 heteroatoms. The van der Waals surface area contributed by atoms with Crippen LogP contribution in [-0.4, -0.2) is 44.1 Å². The van der Waals surface area contributed by atoms with E-state index in [9.17, 15) is 4.79 Å². The van der Waals surface area contributed by atoms with E-state index in [0.717, 1.165) is 43.8 Å². The molecule has 1 amide bonds. The van der Waals surface area contributed by atoms with Crippen molar-refractivity contribution < 1.29 is 9.53 Å². The summed E-state index contributed by atoms with van der Waals surface area (Å²) in [7, 11) is 1.98. The molecule has 2 aliphatic heterocycles. The molecule has 0 aliphatic carbocycles. The van der Waals surface area contributed by atoms with Crippen LogP contribution >= 0.6 is 12.4 Å². The van der Waals surface area contributed by atoms with E-state index in [1.807, 2.05) is 31.3 Å². The van der Waals surface area contributed by atoms with Gasteiger partial charge in [-0.1, -0.05) is 18.2 Å². The number of likely N-dealkylation sites (tertiary alicyclic amines) is 1. The average Bonchev–Trinajstić information content (AvgIpc) is 2.54. The first kappa shape index (κ1) is 17.1. The summed E-state index contributed by atoms with van der Waals surface area (Å²) in [6, 6.07) is 7.96. The Hall–Kier alpha value is -1.26. The summed E-state index contributed by atoms with van der Waals surface area (Å²) in [5.74, 6) is 1.73. The molecule has 2 aliphatic rings. The van der Waals surface area contributed by atoms with Gasteiger partial charge < -0.3 is 15.0 Å². The van der Waals surface area contributed by atoms with E-state index in [2.05, 4.69) is 10.2 Å². The van der Waals surface area contributed by atoms with E-state index in [1.165, 1.54) is 6.42 Å². The zero-order valence-electron chi connectivity index (χ0n) is 13.1. The molecule has 0 aromatic heterocycles. The van der Waals surface area contributed by atoms with E-state index in [-0.39, 0.29) is 24.2 Å². The summed E-state index contributed by atoms with van der Waals surface area (Å²) < 4.78 is 5.67. The van der Waals surface area contributed by atoms with Crippen LogP contribution in [0.1, 0.15) is 30.7 Å². The number of carbonyl (C=O) groups is 1. The van der Waals surface area contributed by atoms with Gasteiger partial charge in [0.2, 0.25) is 5.91 Å². The van der Waals surface area contributed by atoms with E-state index < -0.39 is 0 Å². The summed E-state index contributed by atoms with van der Waals surface area (Å²) in [5.41, 5.74) is 1.06. The van der Waals surface area contributed by atoms with Crippen molar-refractivity contribution in [2.45, 2.75) is 25.2 Å². The number of piperidine rings is 1. The van der Waals surface area contributed by atoms with Crippen molar-refractivity contribution in [2.24, 2.45) is 5.92 Å². The molecule has 3 rings (SSSR count). The second-order valence-corrected chi connectivity index (χ2v) is 6.08. The smallest absolute Gasteiger partial charge is 0.230 e. The molecule has 1 N–H and O–H groups in total. The van der Waals surface area contributed by atoms with Gasteiger partial charge in [0.25, 0.3) is 0 Å². The van der Waals surface area contributed by atoms with Crippen LogP contribution in [-0.2, 0) is 4.79 Å². The molecule has 0 bridgehead atoms. The quantitative estimate of drug-likeness (QED) is 0.928. The highest BCUT2D eigenvalue weighted by molar-refractivity contribution is 5.85. The maximum atomic E-state index is 12.9. The van der Waals surface area contributed by atoms with Crippen molar-refractivity contribution >= 4 is 18.3 Å². The molecule has 2 atom stereocenters. The minimum Gasteiger partial charge on any atom is -0.493 e. The average molecular weight is 325 g/mol. The molecular formula is C17H25ClN2O2. The van der Waals surface area contributed by atoms with Crippen LogP contribution in [0.5, 0.6) is 5.75 Å². The lowest BCUT2D eigenvalue weighted by molar-refractivity contribution is -0.135. The maximum absolute atomic E-state index is 12.9. The molecule has 1 fully saturated rings. The van der Waals surface area contributed by atoms with Gasteiger partial charge in [-0.25, -0.2) is 0 Å². The van der Waals surface area contributed by atoms with Crippen molar-refractivity contribution in [3.63, 3.8) is 0 Å². The minimum absolute atomic E-state index is 0. The minimum atomic E-state index is -0.0247. The zero-order chi connectivity index (χ0) is 14.7. The van der Waals surface area contributed by atoms with Gasteiger partial charge in [-0.2, -0.15) is 0 Å². The summed E-state index contributed by atoms with van der Waals surface area (Å²) in [6.07, 6.45) is 3.13. The molecule has 1 saturated heterocycles. The summed E-state index contributed by atoms with van der Waals surface area (Å²) in [6.45, 7) is 3.42. The molecular weight excluding hydrogens is 300 g/mol. The highest BCUT2D eigenvalue weighted by atomic mass is 35.5. The Labute approximate surface area is 138 Å². The first-order chi connectivity index (χ1) is 10.3. The van der Waals surface area contributed by atoms with Gasteiger partial charge in [0.1, 0.15) is 5.75 Å². The number of benzene rings is 1. The fraction of sp³-hybridized carbons (Fsp3) is 0.588. The number of nitrogens with zero attached hydrogens (tertiary/aromatic N) is 1. The van der Waals surface area contributed by atoms with Crippen LogP contribution in [0.2, 0.25) is 0 Å². The van der Waals surface area contributed by atoms with E-state index in [0.29, 0.717) is 12.5 Å². The number of fused-ring (bicyclic) bond motifs is 1. The molecule has 122 valence electrons. The Morgan fingerprint density at radius 3 is 3.00 bits per heavy atom. The Morgan fingerprint density at radius 1 is 1.36 bits per heavy atom. The molecule has 0 spiro atoms. The Balaban J connectivity index is 0.00000176. The molecule has 1 aromatic rings. The third-order valence-corrected chi connectivity index (χ3v) is 4.58. The van der Waals surface area contributed by atoms with Crippen LogP contribution in [0.3, 0.4) is 0 Å². The van der Waals surface area contributed by atoms with Crippen molar-refractivity contribution in [2.75, 3.05) is 33.3 Å². The number of ether oxygens (including phenoxy) is 1. The van der Waals surface area contributed by atoms with Crippen LogP contribution in [0.25, 0.3) is 0 Å². The van der Waals surface area contributed by atoms with E-state index in [4.69, 9.17) is 4.74 Å². The van der Waals surface area contributed by atoms with Crippen LogP contribution in [0, 0.1) is 5.92 Å². The molecule has 4 nitrogen and oxygen atoms in total. The first-order valence-electron chi connectivity index (χ1n) is 7.94. The second kappa shape index (κ2) is 7.84. The fourth-order valence-corrected chi connectivity index (χ4v) is 3.54. The number of hydrogen-bond donors (Lipinski definition) is 1. The van der Waals surface area contributed by atoms with Crippen molar-refractivity contribution in [1.29, 1.82) is 0 Å². The maximum Gasteiger partial charge on any atom is 0.230 e. The zero-order valence-corrected chi connectivity index (χ0v) is 13.9. The summed E-state index contributed by atoms with van der Waals surface area (Å²) in [4.78, 5) is 15.0. The van der Waals surface area contributed by atoms with Crippen LogP contribution < -0.4 is 10.1 Å². The highest BCUT2D eigenvalue weighted by Crippen LogP contribution is 2.35. The lowest BCUT2D eigenvalue weighted by Gasteiger charge is -2.36. The highest BCUT2D eigenvalue weighted by Gasteiger charge is 2.32. The van der Waals surface area contributed by atoms with Crippen LogP contribution in [0.15, 0.2) is 24.3 Å². The second-order valence-electron chi connectivity index (χ2n) is 6.08. The Bertz CT molecular complexity index is 507. The number of nitrogens with one attached hydrogen (secondary N) is 1. The predicted molar refractivity (Wildman–Crippen MR) is 89.8 cm³/mol. The summed E-state index contributed by atoms with van der Waals surface area (Å²) in [5, 5.41) is 3.23. The first-order valence-corrected chi connectivity index (χ1v) is 7.94. The van der Waals surface area contributed by atoms with Crippen LogP contribution in [0.4, 0.5) is 0 Å². The molecule has 2 unspecified atom stereocenters. The third kappa shape index (κ3) is 3.55. The van der Waals surface area contributed by atoms with E-state index >= 15 is 0 Å². The van der Waals surface area contributed by atoms with Gasteiger partial charge in [0.15, 0.2) is 0 Å². The lowest BCUT2D eigenvalue weighted by atomic mass is 9.90. The summed E-state index contributed by atoms with van der Waals surface area (Å²) >= 11 is 0. The van der Waals surface area contributed by atoms with Gasteiger partial charge in [-0.3, -0.25) is 4.79 Å². The van der Waals surface area contributed by atoms with Crippen molar-refractivity contribution in [1.82, 2.24) is 10.2 Å². The van der Waals surface area contributed by atoms with Gasteiger partial charge in [-0.15, -0.1) is 12.4 Å². The van der Waals surface area contributed by atoms with Gasteiger partial charge in [0, 0.05) is 18.7 Å².